The third-order valence-corrected chi connectivity index (χ3v) is 12.0. The number of imidazole rings is 2. The number of nitrogens with zero attached hydrogens (tertiary/aromatic N) is 10. The van der Waals surface area contributed by atoms with Crippen molar-refractivity contribution in [2.45, 2.75) is 72.8 Å². The maximum Gasteiger partial charge on any atom is 0.276 e. The molecule has 5 heterocycles. The molecule has 0 aliphatic carbocycles. The average molecular weight is 1030 g/mol. The Morgan fingerprint density at radius 1 is 0.760 bits per heavy atom. The highest BCUT2D eigenvalue weighted by Gasteiger charge is 2.28. The number of benzene rings is 2. The van der Waals surface area contributed by atoms with Gasteiger partial charge in [-0.1, -0.05) is 12.2 Å². The number of methoxy groups -OCH3 is 1. The van der Waals surface area contributed by atoms with Crippen LogP contribution in [0.25, 0.3) is 22.1 Å². The molecule has 1 atom stereocenters. The van der Waals surface area contributed by atoms with E-state index in [1.807, 2.05) is 13.8 Å². The van der Waals surface area contributed by atoms with Gasteiger partial charge in [-0.3, -0.25) is 63.3 Å². The summed E-state index contributed by atoms with van der Waals surface area (Å²) in [6.07, 6.45) is 5.64. The first-order chi connectivity index (χ1) is 35.8. The number of nitrogens with two attached hydrogens (primary N) is 2. The highest BCUT2D eigenvalue weighted by atomic mass is 16.5. The van der Waals surface area contributed by atoms with Crippen LogP contribution in [-0.4, -0.2) is 147 Å². The van der Waals surface area contributed by atoms with Crippen molar-refractivity contribution < 1.29 is 52.9 Å². The monoisotopic (exact) mass is 1030 g/mol. The van der Waals surface area contributed by atoms with Gasteiger partial charge in [-0.2, -0.15) is 10.2 Å². The van der Waals surface area contributed by atoms with E-state index < -0.39 is 59.9 Å². The fourth-order valence-corrected chi connectivity index (χ4v) is 8.36. The molecule has 1 unspecified atom stereocenters. The number of ether oxygens (including phenoxy) is 2. The van der Waals surface area contributed by atoms with Gasteiger partial charge in [0.25, 0.3) is 23.6 Å². The summed E-state index contributed by atoms with van der Waals surface area (Å²) in [5.74, 6) is -4.31. The Kier molecular flexibility index (Phi) is 16.5. The maximum absolute atomic E-state index is 13.9. The largest absolute Gasteiger partial charge is 0.494 e. The summed E-state index contributed by atoms with van der Waals surface area (Å²) in [7, 11) is 2.89. The van der Waals surface area contributed by atoms with Gasteiger partial charge in [0, 0.05) is 76.0 Å². The Morgan fingerprint density at radius 2 is 1.25 bits per heavy atom. The number of allylic oxidation sites excluding steroid dienone is 2. The van der Waals surface area contributed by atoms with Gasteiger partial charge in [0.2, 0.25) is 35.5 Å². The van der Waals surface area contributed by atoms with E-state index >= 15 is 0 Å². The molecule has 0 spiro atoms. The number of likely N-dealkylation sites (N-methyl/N-ethyl adjacent to an activating group) is 1. The predicted molar refractivity (Wildman–Crippen MR) is 271 cm³/mol. The first-order valence-electron chi connectivity index (χ1n) is 23.8. The molecule has 75 heavy (non-hydrogen) atoms. The van der Waals surface area contributed by atoms with Crippen molar-refractivity contribution in [3.05, 3.63) is 94.6 Å². The molecule has 4 aromatic heterocycles. The molecule has 6 aromatic rings. The number of aliphatic hydroxyl groups excluding tert-OH is 1. The standard InChI is InChI=1S/C49H57N15O11/c1-7-63-34(20-27(3)57-63)45(71)55-48-53-31-22-29(43(50)69)24-36(74-6)41(31)61(48)16-9-10-17-62-42-32(54-49(62)56-46(72)35-21-28(4)58-64(35)8-2)23-30(44(51)70)25-37(42)75-19-11-15-59(5)47(73)33(26-65)52-38(66)14-18-60-39(67)12-13-40(60)68/h9-10,12-13,20-25,33,65H,7-8,11,14-19,26H2,1-6H3,(H2,50,69)(H2,51,70)(H,52,66)(H,53,55,71)(H,54,56,72). The lowest BCUT2D eigenvalue weighted by molar-refractivity contribution is -0.139. The van der Waals surface area contributed by atoms with E-state index in [9.17, 15) is 43.5 Å². The molecule has 0 bridgehead atoms. The fourth-order valence-electron chi connectivity index (χ4n) is 8.36. The van der Waals surface area contributed by atoms with Crippen molar-refractivity contribution in [3.8, 4) is 11.5 Å². The molecule has 26 nitrogen and oxygen atoms in total. The smallest absolute Gasteiger partial charge is 0.276 e. The topological polar surface area (TPSA) is 341 Å². The first-order valence-corrected chi connectivity index (χ1v) is 23.8. The number of carbonyl (C=O) groups excluding carboxylic acids is 8. The second-order valence-electron chi connectivity index (χ2n) is 17.2. The Hall–Kier alpha value is -9.20. The average Bonchev–Trinajstić information content (AvgIpc) is 4.21. The zero-order chi connectivity index (χ0) is 54.2. The Morgan fingerprint density at radius 3 is 1.72 bits per heavy atom. The molecule has 2 aromatic carbocycles. The summed E-state index contributed by atoms with van der Waals surface area (Å²) in [4.78, 5) is 114. The Bertz CT molecular complexity index is 3290. The number of rotatable bonds is 24. The highest BCUT2D eigenvalue weighted by molar-refractivity contribution is 6.13. The number of aromatic nitrogens is 8. The first kappa shape index (κ1) is 53.6. The summed E-state index contributed by atoms with van der Waals surface area (Å²) >= 11 is 0. The van der Waals surface area contributed by atoms with Crippen molar-refractivity contribution in [1.29, 1.82) is 0 Å². The van der Waals surface area contributed by atoms with Gasteiger partial charge >= 0.3 is 0 Å². The summed E-state index contributed by atoms with van der Waals surface area (Å²) in [5, 5.41) is 27.0. The van der Waals surface area contributed by atoms with E-state index in [-0.39, 0.29) is 91.4 Å². The lowest BCUT2D eigenvalue weighted by atomic mass is 10.1. The van der Waals surface area contributed by atoms with Crippen molar-refractivity contribution in [3.63, 3.8) is 0 Å². The molecule has 7 rings (SSSR count). The molecule has 8 amide bonds. The van der Waals surface area contributed by atoms with Crippen LogP contribution in [0, 0.1) is 13.8 Å². The number of aliphatic hydroxyl groups is 1. The minimum Gasteiger partial charge on any atom is -0.494 e. The third kappa shape index (κ3) is 11.9. The minimum atomic E-state index is -1.32. The number of nitrogens with one attached hydrogen (secondary N) is 3. The van der Waals surface area contributed by atoms with Gasteiger partial charge in [0.05, 0.1) is 42.7 Å². The van der Waals surface area contributed by atoms with E-state index in [0.717, 1.165) is 17.1 Å². The SMILES string of the molecule is CCn1nc(C)cc1C(=O)Nc1nc2cc(C(N)=O)cc(OC)c2n1CC=CCn1c(NC(=O)c2cc(C)nn2CC)nc2cc(C(N)=O)cc(OCCCN(C)C(=O)C(CO)NC(=O)CCN3C(=O)C=CC3=O)c21. The molecule has 0 saturated heterocycles. The van der Waals surface area contributed by atoms with Crippen LogP contribution in [0.15, 0.2) is 60.7 Å². The van der Waals surface area contributed by atoms with E-state index in [4.69, 9.17) is 25.9 Å². The molecule has 0 fully saturated rings. The van der Waals surface area contributed by atoms with Crippen LogP contribution in [0.5, 0.6) is 11.5 Å². The van der Waals surface area contributed by atoms with Gasteiger partial charge in [-0.15, -0.1) is 0 Å². The molecule has 394 valence electrons. The number of hydrogen-bond donors (Lipinski definition) is 6. The number of hydrogen-bond acceptors (Lipinski definition) is 15. The summed E-state index contributed by atoms with van der Waals surface area (Å²) < 4.78 is 18.4. The molecule has 0 radical (unpaired) electrons. The lowest BCUT2D eigenvalue weighted by Crippen LogP contribution is -2.50. The molecular formula is C49H57N15O11. The lowest BCUT2D eigenvalue weighted by Gasteiger charge is -2.24. The molecule has 26 heteroatoms. The van der Waals surface area contributed by atoms with Crippen LogP contribution in [0.3, 0.4) is 0 Å². The molecule has 8 N–H and O–H groups in total. The zero-order valence-corrected chi connectivity index (χ0v) is 42.1. The Labute approximate surface area is 428 Å². The summed E-state index contributed by atoms with van der Waals surface area (Å²) in [5.41, 5.74) is 14.7. The van der Waals surface area contributed by atoms with Crippen LogP contribution < -0.4 is 36.9 Å². The highest BCUT2D eigenvalue weighted by Crippen LogP contribution is 2.33. The minimum absolute atomic E-state index is 0.0315. The van der Waals surface area contributed by atoms with Gasteiger partial charge < -0.3 is 45.4 Å². The maximum atomic E-state index is 13.9. The van der Waals surface area contributed by atoms with Gasteiger partial charge in [0.1, 0.15) is 40.0 Å². The Balaban J connectivity index is 1.16. The quantitative estimate of drug-likeness (QED) is 0.0284. The van der Waals surface area contributed by atoms with Gasteiger partial charge in [-0.05, 0) is 70.5 Å². The number of anilines is 2. The number of fused-ring (bicyclic) bond motifs is 2. The van der Waals surface area contributed by atoms with Crippen molar-refractivity contribution >= 4 is 81.2 Å². The zero-order valence-electron chi connectivity index (χ0n) is 42.1. The number of amides is 8. The van der Waals surface area contributed by atoms with E-state index in [2.05, 4.69) is 31.1 Å². The van der Waals surface area contributed by atoms with Crippen molar-refractivity contribution in [2.24, 2.45) is 11.5 Å². The second kappa shape index (κ2) is 23.1. The third-order valence-electron chi connectivity index (χ3n) is 12.0. The summed E-state index contributed by atoms with van der Waals surface area (Å²) in [6.45, 7) is 7.29. The van der Waals surface area contributed by atoms with Crippen molar-refractivity contribution in [2.75, 3.05) is 51.1 Å². The van der Waals surface area contributed by atoms with Gasteiger partial charge in [-0.25, -0.2) is 9.97 Å². The second-order valence-corrected chi connectivity index (χ2v) is 17.2. The van der Waals surface area contributed by atoms with Crippen molar-refractivity contribution in [1.82, 2.24) is 53.8 Å². The predicted octanol–water partition coefficient (Wildman–Crippen LogP) is 1.42. The van der Waals surface area contributed by atoms with Crippen LogP contribution in [0.1, 0.15) is 79.8 Å². The number of carbonyl (C=O) groups is 8. The van der Waals surface area contributed by atoms with Gasteiger partial charge in [0.15, 0.2) is 0 Å². The van der Waals surface area contributed by atoms with E-state index in [1.165, 1.54) is 43.3 Å². The van der Waals surface area contributed by atoms with E-state index in [1.54, 1.807) is 56.6 Å². The van der Waals surface area contributed by atoms with Crippen LogP contribution in [0.4, 0.5) is 11.9 Å². The molecule has 1 aliphatic rings. The van der Waals surface area contributed by atoms with Crippen LogP contribution in [-0.2, 0) is 45.4 Å². The summed E-state index contributed by atoms with van der Waals surface area (Å²) in [6, 6.07) is 7.83. The fraction of sp³-hybridized carbons (Fsp3) is 0.347. The number of primary amides is 2. The molecule has 0 saturated carbocycles. The van der Waals surface area contributed by atoms with Crippen LogP contribution in [0.2, 0.25) is 0 Å². The van der Waals surface area contributed by atoms with Crippen LogP contribution >= 0.6 is 0 Å². The normalized spacial score (nSPS) is 12.8. The number of aryl methyl sites for hydroxylation is 4. The molecule has 1 aliphatic heterocycles. The molecular weight excluding hydrogens is 975 g/mol. The number of imide groups is 1. The van der Waals surface area contributed by atoms with E-state index in [0.29, 0.717) is 46.7 Å².